The fraction of sp³-hybridized carbons (Fsp3) is 0.400. The fourth-order valence-corrected chi connectivity index (χ4v) is 5.99. The second kappa shape index (κ2) is 6.04. The Morgan fingerprint density at radius 1 is 1.19 bits per heavy atom. The standard InChI is InChI=1S/C25H25N3O4/c1-11-7-15-12(2)9-24(5,6)28-20(15)18(14(11)4)25(23(28)30)16(10-26)21(27)32-17-8-13(3)31-22(29)19(17)25/h7-8,12H,9,27H2,1-6H3/t12-,25+/m0/s1. The van der Waals surface area contributed by atoms with Crippen LogP contribution in [0.5, 0.6) is 5.75 Å². The van der Waals surface area contributed by atoms with Gasteiger partial charge in [0.15, 0.2) is 5.41 Å². The predicted octanol–water partition coefficient (Wildman–Crippen LogP) is 3.57. The summed E-state index contributed by atoms with van der Waals surface area (Å²) in [4.78, 5) is 29.6. The minimum atomic E-state index is -1.71. The lowest BCUT2D eigenvalue weighted by Crippen LogP contribution is -2.55. The number of nitrogens with two attached hydrogens (primary N) is 1. The van der Waals surface area contributed by atoms with Crippen LogP contribution in [-0.4, -0.2) is 11.4 Å². The molecule has 0 fully saturated rings. The van der Waals surface area contributed by atoms with Crippen LogP contribution in [0.2, 0.25) is 0 Å². The molecule has 0 radical (unpaired) electrons. The average Bonchev–Trinajstić information content (AvgIpc) is 2.93. The topological polar surface area (TPSA) is 110 Å². The summed E-state index contributed by atoms with van der Waals surface area (Å²) < 4.78 is 11.1. The molecule has 3 aliphatic heterocycles. The SMILES string of the molecule is Cc1cc2c(c(=O)o1)[C@@]1(C(=O)N3c4c(cc(C)c(C)c41)[C@@H](C)CC3(C)C)C(C#N)=C(N)O2. The van der Waals surface area contributed by atoms with E-state index in [0.29, 0.717) is 11.3 Å². The van der Waals surface area contributed by atoms with E-state index in [1.165, 1.54) is 0 Å². The quantitative estimate of drug-likeness (QED) is 0.683. The summed E-state index contributed by atoms with van der Waals surface area (Å²) in [5.74, 6) is 0.152. The first kappa shape index (κ1) is 20.4. The maximum absolute atomic E-state index is 14.5. The van der Waals surface area contributed by atoms with E-state index in [-0.39, 0.29) is 34.6 Å². The monoisotopic (exact) mass is 431 g/mol. The lowest BCUT2D eigenvalue weighted by atomic mass is 9.67. The van der Waals surface area contributed by atoms with Crippen LogP contribution >= 0.6 is 0 Å². The van der Waals surface area contributed by atoms with Crippen molar-refractivity contribution in [3.05, 3.63) is 67.6 Å². The first-order valence-electron chi connectivity index (χ1n) is 10.7. The second-order valence-corrected chi connectivity index (χ2v) is 9.78. The van der Waals surface area contributed by atoms with E-state index in [1.54, 1.807) is 17.9 Å². The van der Waals surface area contributed by atoms with E-state index in [9.17, 15) is 14.9 Å². The molecule has 0 aliphatic carbocycles. The second-order valence-electron chi connectivity index (χ2n) is 9.78. The number of anilines is 1. The zero-order valence-corrected chi connectivity index (χ0v) is 19.0. The third-order valence-electron chi connectivity index (χ3n) is 7.28. The highest BCUT2D eigenvalue weighted by molar-refractivity contribution is 6.16. The smallest absolute Gasteiger partial charge is 0.344 e. The van der Waals surface area contributed by atoms with Crippen molar-refractivity contribution in [1.29, 1.82) is 5.26 Å². The molecule has 0 saturated carbocycles. The molecule has 1 aromatic heterocycles. The van der Waals surface area contributed by atoms with Crippen LogP contribution in [0.25, 0.3) is 0 Å². The first-order valence-corrected chi connectivity index (χ1v) is 10.7. The lowest BCUT2D eigenvalue weighted by Gasteiger charge is -2.44. The van der Waals surface area contributed by atoms with Gasteiger partial charge in [-0.2, -0.15) is 5.26 Å². The number of ether oxygens (including phenoxy) is 1. The number of nitriles is 1. The number of nitrogens with zero attached hydrogens (tertiary/aromatic N) is 2. The number of aryl methyl sites for hydroxylation is 2. The van der Waals surface area contributed by atoms with Gasteiger partial charge in [0, 0.05) is 17.2 Å². The molecule has 7 nitrogen and oxygen atoms in total. The molecule has 5 rings (SSSR count). The molecule has 2 atom stereocenters. The highest BCUT2D eigenvalue weighted by Crippen LogP contribution is 2.61. The van der Waals surface area contributed by atoms with Crippen LogP contribution in [0.3, 0.4) is 0 Å². The molecule has 0 saturated heterocycles. The number of hydrogen-bond acceptors (Lipinski definition) is 6. The van der Waals surface area contributed by atoms with Crippen LogP contribution < -0.4 is 21.0 Å². The summed E-state index contributed by atoms with van der Waals surface area (Å²) in [6.45, 7) is 11.7. The summed E-state index contributed by atoms with van der Waals surface area (Å²) in [7, 11) is 0. The Hall–Kier alpha value is -3.53. The molecule has 4 heterocycles. The number of hydrogen-bond donors (Lipinski definition) is 1. The zero-order chi connectivity index (χ0) is 23.3. The van der Waals surface area contributed by atoms with Crippen LogP contribution in [0.1, 0.15) is 66.7 Å². The van der Waals surface area contributed by atoms with Gasteiger partial charge in [-0.05, 0) is 63.6 Å². The van der Waals surface area contributed by atoms with Crippen LogP contribution in [0.15, 0.2) is 32.8 Å². The first-order chi connectivity index (χ1) is 15.0. The van der Waals surface area contributed by atoms with E-state index in [1.807, 2.05) is 27.7 Å². The van der Waals surface area contributed by atoms with E-state index in [2.05, 4.69) is 19.1 Å². The van der Waals surface area contributed by atoms with Gasteiger partial charge < -0.3 is 19.8 Å². The molecule has 164 valence electrons. The Morgan fingerprint density at radius 2 is 1.88 bits per heavy atom. The minimum Gasteiger partial charge on any atom is -0.440 e. The van der Waals surface area contributed by atoms with E-state index < -0.39 is 16.6 Å². The van der Waals surface area contributed by atoms with Gasteiger partial charge in [-0.15, -0.1) is 0 Å². The van der Waals surface area contributed by atoms with E-state index in [4.69, 9.17) is 14.9 Å². The molecule has 1 amide bonds. The van der Waals surface area contributed by atoms with Crippen molar-refractivity contribution in [3.8, 4) is 11.8 Å². The Kier molecular flexibility index (Phi) is 3.84. The van der Waals surface area contributed by atoms with Gasteiger partial charge in [-0.25, -0.2) is 4.79 Å². The van der Waals surface area contributed by atoms with Gasteiger partial charge in [-0.3, -0.25) is 4.79 Å². The van der Waals surface area contributed by atoms with Crippen molar-refractivity contribution in [1.82, 2.24) is 0 Å². The Bertz CT molecular complexity index is 1380. The molecule has 7 heteroatoms. The van der Waals surface area contributed by atoms with E-state index >= 15 is 0 Å². The summed E-state index contributed by atoms with van der Waals surface area (Å²) >= 11 is 0. The van der Waals surface area contributed by atoms with Crippen LogP contribution in [-0.2, 0) is 10.2 Å². The predicted molar refractivity (Wildman–Crippen MR) is 118 cm³/mol. The van der Waals surface area contributed by atoms with E-state index in [0.717, 1.165) is 28.8 Å². The average molecular weight is 431 g/mol. The normalized spacial score (nSPS) is 24.8. The Morgan fingerprint density at radius 3 is 2.53 bits per heavy atom. The largest absolute Gasteiger partial charge is 0.440 e. The zero-order valence-electron chi connectivity index (χ0n) is 19.0. The van der Waals surface area contributed by atoms with Gasteiger partial charge in [-0.1, -0.05) is 13.0 Å². The molecule has 2 aromatic rings. The summed E-state index contributed by atoms with van der Waals surface area (Å²) in [5.41, 5.74) is 7.53. The molecule has 2 N–H and O–H groups in total. The molecular weight excluding hydrogens is 406 g/mol. The van der Waals surface area contributed by atoms with Crippen molar-refractivity contribution in [2.75, 3.05) is 4.90 Å². The minimum absolute atomic E-state index is 0.0209. The number of benzene rings is 1. The number of rotatable bonds is 0. The highest BCUT2D eigenvalue weighted by atomic mass is 16.5. The molecule has 32 heavy (non-hydrogen) atoms. The Balaban J connectivity index is 2.06. The molecule has 1 aromatic carbocycles. The highest BCUT2D eigenvalue weighted by Gasteiger charge is 2.65. The van der Waals surface area contributed by atoms with Crippen LogP contribution in [0, 0.1) is 32.1 Å². The van der Waals surface area contributed by atoms with Crippen molar-refractivity contribution >= 4 is 11.6 Å². The van der Waals surface area contributed by atoms with Crippen molar-refractivity contribution in [3.63, 3.8) is 0 Å². The Labute approximate surface area is 186 Å². The summed E-state index contributed by atoms with van der Waals surface area (Å²) in [6.07, 6.45) is 0.747. The molecular formula is C25H25N3O4. The van der Waals surface area contributed by atoms with Gasteiger partial charge >= 0.3 is 5.63 Å². The lowest BCUT2D eigenvalue weighted by molar-refractivity contribution is -0.122. The fourth-order valence-electron chi connectivity index (χ4n) is 5.99. The number of carbonyl (C=O) groups excluding carboxylic acids is 1. The molecule has 3 aliphatic rings. The van der Waals surface area contributed by atoms with Crippen molar-refractivity contribution in [2.45, 2.75) is 64.8 Å². The van der Waals surface area contributed by atoms with Crippen molar-refractivity contribution < 1.29 is 13.9 Å². The van der Waals surface area contributed by atoms with Gasteiger partial charge in [0.25, 0.3) is 0 Å². The molecule has 0 unspecified atom stereocenters. The van der Waals surface area contributed by atoms with Gasteiger partial charge in [0.05, 0.1) is 5.69 Å². The molecule has 0 bridgehead atoms. The van der Waals surface area contributed by atoms with Crippen molar-refractivity contribution in [2.24, 2.45) is 5.73 Å². The third kappa shape index (κ3) is 2.15. The number of carbonyl (C=O) groups is 1. The molecule has 1 spiro atoms. The number of fused-ring (bicyclic) bond motifs is 3. The third-order valence-corrected chi connectivity index (χ3v) is 7.28. The number of amides is 1. The summed E-state index contributed by atoms with van der Waals surface area (Å²) in [5, 5.41) is 10.2. The maximum atomic E-state index is 14.5. The summed E-state index contributed by atoms with van der Waals surface area (Å²) in [6, 6.07) is 5.78. The van der Waals surface area contributed by atoms with Gasteiger partial charge in [0.1, 0.15) is 28.7 Å². The maximum Gasteiger partial charge on any atom is 0.344 e. The van der Waals surface area contributed by atoms with Gasteiger partial charge in [0.2, 0.25) is 11.8 Å². The van der Waals surface area contributed by atoms with Crippen LogP contribution in [0.4, 0.5) is 5.69 Å².